The Kier molecular flexibility index (Phi) is 5.35. The number of hydrogen-bond acceptors (Lipinski definition) is 4. The zero-order valence-electron chi connectivity index (χ0n) is 16.0. The van der Waals surface area contributed by atoms with Crippen molar-refractivity contribution in [3.05, 3.63) is 41.7 Å². The molecular formula is C19H21F3N4O3S. The van der Waals surface area contributed by atoms with Gasteiger partial charge in [0, 0.05) is 30.4 Å². The lowest BCUT2D eigenvalue weighted by molar-refractivity contribution is -0.141. The van der Waals surface area contributed by atoms with E-state index in [0.29, 0.717) is 24.5 Å². The first-order valence-electron chi connectivity index (χ1n) is 9.69. The van der Waals surface area contributed by atoms with Crippen LogP contribution in [-0.2, 0) is 27.5 Å². The third kappa shape index (κ3) is 4.36. The van der Waals surface area contributed by atoms with Crippen molar-refractivity contribution in [2.75, 3.05) is 18.4 Å². The molecule has 0 unspecified atom stereocenters. The molecule has 1 amide bonds. The molecule has 2 aromatic rings. The molecule has 7 nitrogen and oxygen atoms in total. The van der Waals surface area contributed by atoms with Crippen LogP contribution in [0.25, 0.3) is 0 Å². The van der Waals surface area contributed by atoms with E-state index < -0.39 is 27.8 Å². The Balaban J connectivity index is 1.44. The molecule has 11 heteroatoms. The maximum atomic E-state index is 13.0. The predicted octanol–water partition coefficient (Wildman–Crippen LogP) is 3.20. The van der Waals surface area contributed by atoms with Gasteiger partial charge in [-0.05, 0) is 56.0 Å². The van der Waals surface area contributed by atoms with Crippen molar-refractivity contribution in [3.63, 3.8) is 0 Å². The Bertz CT molecular complexity index is 1040. The van der Waals surface area contributed by atoms with Gasteiger partial charge in [-0.3, -0.25) is 9.48 Å². The van der Waals surface area contributed by atoms with Crippen molar-refractivity contribution < 1.29 is 26.4 Å². The van der Waals surface area contributed by atoms with Crippen LogP contribution in [0.5, 0.6) is 0 Å². The summed E-state index contributed by atoms with van der Waals surface area (Å²) in [5.74, 6) is -0.541. The maximum Gasteiger partial charge on any atom is 0.435 e. The standard InChI is InChI=1S/C19H21F3N4O3S/c20-19(21,22)17-11-16(13-3-4-13)26(24-17)12-18(27)23-14-5-7-15(8-6-14)30(28,29)25-9-1-2-10-25/h5-8,11,13H,1-4,9-10,12H2,(H,23,27). The fraction of sp³-hybridized carbons (Fsp3) is 0.474. The van der Waals surface area contributed by atoms with Crippen LogP contribution in [0, 0.1) is 0 Å². The molecule has 1 saturated carbocycles. The van der Waals surface area contributed by atoms with Gasteiger partial charge in [-0.2, -0.15) is 22.6 Å². The lowest BCUT2D eigenvalue weighted by atomic mass is 10.2. The van der Waals surface area contributed by atoms with E-state index in [-0.39, 0.29) is 17.4 Å². The number of nitrogens with one attached hydrogen (secondary N) is 1. The molecule has 2 aliphatic rings. The molecule has 0 bridgehead atoms. The third-order valence-corrected chi connectivity index (χ3v) is 7.14. The van der Waals surface area contributed by atoms with Gasteiger partial charge in [0.25, 0.3) is 0 Å². The Labute approximate surface area is 171 Å². The van der Waals surface area contributed by atoms with Crippen LogP contribution in [0.15, 0.2) is 35.2 Å². The molecular weight excluding hydrogens is 421 g/mol. The number of carbonyl (C=O) groups is 1. The highest BCUT2D eigenvalue weighted by molar-refractivity contribution is 7.89. The Morgan fingerprint density at radius 2 is 1.77 bits per heavy atom. The van der Waals surface area contributed by atoms with Crippen molar-refractivity contribution in [2.24, 2.45) is 0 Å². The van der Waals surface area contributed by atoms with E-state index in [0.717, 1.165) is 36.4 Å². The number of nitrogens with zero attached hydrogens (tertiary/aromatic N) is 3. The highest BCUT2D eigenvalue weighted by Crippen LogP contribution is 2.42. The van der Waals surface area contributed by atoms with Gasteiger partial charge >= 0.3 is 6.18 Å². The van der Waals surface area contributed by atoms with E-state index in [9.17, 15) is 26.4 Å². The average molecular weight is 442 g/mol. The molecule has 1 aromatic carbocycles. The smallest absolute Gasteiger partial charge is 0.324 e. The number of halogens is 3. The number of amides is 1. The number of aromatic nitrogens is 2. The van der Waals surface area contributed by atoms with Crippen LogP contribution < -0.4 is 5.32 Å². The summed E-state index contributed by atoms with van der Waals surface area (Å²) >= 11 is 0. The lowest BCUT2D eigenvalue weighted by Gasteiger charge is -2.15. The van der Waals surface area contributed by atoms with Crippen LogP contribution in [0.4, 0.5) is 18.9 Å². The average Bonchev–Trinajstić information content (AvgIpc) is 3.17. The summed E-state index contributed by atoms with van der Waals surface area (Å²) in [7, 11) is -3.55. The normalized spacial score (nSPS) is 18.0. The summed E-state index contributed by atoms with van der Waals surface area (Å²) in [6.45, 7) is 0.637. The molecule has 2 heterocycles. The minimum absolute atomic E-state index is 0.00326. The molecule has 1 aliphatic carbocycles. The fourth-order valence-electron chi connectivity index (χ4n) is 3.53. The number of hydrogen-bond donors (Lipinski definition) is 1. The first-order chi connectivity index (χ1) is 14.1. The molecule has 1 aromatic heterocycles. The maximum absolute atomic E-state index is 13.0. The summed E-state index contributed by atoms with van der Waals surface area (Å²) in [6.07, 6.45) is -1.35. The van der Waals surface area contributed by atoms with Crippen molar-refractivity contribution in [3.8, 4) is 0 Å². The van der Waals surface area contributed by atoms with Gasteiger partial charge < -0.3 is 5.32 Å². The van der Waals surface area contributed by atoms with Crippen LogP contribution in [0.2, 0.25) is 0 Å². The van der Waals surface area contributed by atoms with E-state index in [1.165, 1.54) is 28.6 Å². The Morgan fingerprint density at radius 1 is 1.13 bits per heavy atom. The summed E-state index contributed by atoms with van der Waals surface area (Å²) in [4.78, 5) is 12.5. The van der Waals surface area contributed by atoms with E-state index in [1.54, 1.807) is 0 Å². The first-order valence-corrected chi connectivity index (χ1v) is 11.1. The zero-order chi connectivity index (χ0) is 21.5. The quantitative estimate of drug-likeness (QED) is 0.745. The molecule has 30 heavy (non-hydrogen) atoms. The lowest BCUT2D eigenvalue weighted by Crippen LogP contribution is -2.27. The molecule has 1 saturated heterocycles. The van der Waals surface area contributed by atoms with Crippen molar-refractivity contribution in [1.82, 2.24) is 14.1 Å². The minimum atomic E-state index is -4.57. The number of alkyl halides is 3. The number of rotatable bonds is 6. The van der Waals surface area contributed by atoms with Gasteiger partial charge in [0.2, 0.25) is 15.9 Å². The third-order valence-electron chi connectivity index (χ3n) is 5.23. The number of carbonyl (C=O) groups excluding carboxylic acids is 1. The predicted molar refractivity (Wildman–Crippen MR) is 102 cm³/mol. The van der Waals surface area contributed by atoms with E-state index in [4.69, 9.17) is 0 Å². The van der Waals surface area contributed by atoms with Crippen molar-refractivity contribution >= 4 is 21.6 Å². The van der Waals surface area contributed by atoms with Gasteiger partial charge in [0.05, 0.1) is 4.90 Å². The van der Waals surface area contributed by atoms with Gasteiger partial charge in [-0.1, -0.05) is 0 Å². The molecule has 0 radical (unpaired) electrons. The molecule has 1 N–H and O–H groups in total. The highest BCUT2D eigenvalue weighted by Gasteiger charge is 2.38. The monoisotopic (exact) mass is 442 g/mol. The summed E-state index contributed by atoms with van der Waals surface area (Å²) in [5.41, 5.74) is -0.241. The van der Waals surface area contributed by atoms with Gasteiger partial charge in [0.15, 0.2) is 5.69 Å². The highest BCUT2D eigenvalue weighted by atomic mass is 32.2. The zero-order valence-corrected chi connectivity index (χ0v) is 16.8. The summed E-state index contributed by atoms with van der Waals surface area (Å²) < 4.78 is 66.5. The largest absolute Gasteiger partial charge is 0.435 e. The van der Waals surface area contributed by atoms with Crippen LogP contribution >= 0.6 is 0 Å². The molecule has 1 aliphatic heterocycles. The topological polar surface area (TPSA) is 84.3 Å². The first kappa shape index (κ1) is 20.9. The van der Waals surface area contributed by atoms with Crippen molar-refractivity contribution in [2.45, 2.75) is 49.2 Å². The number of sulfonamides is 1. The van der Waals surface area contributed by atoms with Gasteiger partial charge in [0.1, 0.15) is 6.54 Å². The SMILES string of the molecule is O=C(Cn1nc(C(F)(F)F)cc1C1CC1)Nc1ccc(S(=O)(=O)N2CCCC2)cc1. The summed E-state index contributed by atoms with van der Waals surface area (Å²) in [5, 5.41) is 6.14. The van der Waals surface area contributed by atoms with Crippen LogP contribution in [-0.4, -0.2) is 41.5 Å². The Hall–Kier alpha value is -2.40. The molecule has 0 atom stereocenters. The minimum Gasteiger partial charge on any atom is -0.324 e. The van der Waals surface area contributed by atoms with E-state index in [2.05, 4.69) is 10.4 Å². The fourth-order valence-corrected chi connectivity index (χ4v) is 5.05. The molecule has 162 valence electrons. The second-order valence-electron chi connectivity index (χ2n) is 7.57. The van der Waals surface area contributed by atoms with Crippen LogP contribution in [0.1, 0.15) is 43.0 Å². The van der Waals surface area contributed by atoms with Crippen LogP contribution in [0.3, 0.4) is 0 Å². The number of benzene rings is 1. The van der Waals surface area contributed by atoms with Gasteiger partial charge in [-0.15, -0.1) is 0 Å². The van der Waals surface area contributed by atoms with Gasteiger partial charge in [-0.25, -0.2) is 8.42 Å². The summed E-state index contributed by atoms with van der Waals surface area (Å²) in [6, 6.07) is 6.76. The second kappa shape index (κ2) is 7.69. The van der Waals surface area contributed by atoms with E-state index in [1.807, 2.05) is 0 Å². The number of anilines is 1. The molecule has 2 fully saturated rings. The molecule has 4 rings (SSSR count). The Morgan fingerprint density at radius 3 is 2.33 bits per heavy atom. The second-order valence-corrected chi connectivity index (χ2v) is 9.51. The van der Waals surface area contributed by atoms with Crippen molar-refractivity contribution in [1.29, 1.82) is 0 Å². The molecule has 0 spiro atoms. The van der Waals surface area contributed by atoms with E-state index >= 15 is 0 Å².